The van der Waals surface area contributed by atoms with Crippen molar-refractivity contribution >= 4 is 11.3 Å². The van der Waals surface area contributed by atoms with Crippen LogP contribution in [0.3, 0.4) is 0 Å². The highest BCUT2D eigenvalue weighted by atomic mass is 32.1. The molecule has 0 saturated carbocycles. The van der Waals surface area contributed by atoms with Gasteiger partial charge in [0.25, 0.3) is 0 Å². The molecule has 0 radical (unpaired) electrons. The first-order valence-electron chi connectivity index (χ1n) is 7.04. The van der Waals surface area contributed by atoms with Crippen LogP contribution in [0.25, 0.3) is 0 Å². The fourth-order valence-electron chi connectivity index (χ4n) is 2.67. The van der Waals surface area contributed by atoms with Crippen molar-refractivity contribution in [2.75, 3.05) is 19.6 Å². The number of hydrogen-bond acceptors (Lipinski definition) is 4. The number of halogens is 3. The summed E-state index contributed by atoms with van der Waals surface area (Å²) in [5.74, 6) is 0. The van der Waals surface area contributed by atoms with E-state index in [1.54, 1.807) is 18.5 Å². The lowest BCUT2D eigenvalue weighted by Crippen LogP contribution is -2.45. The van der Waals surface area contributed by atoms with Gasteiger partial charge in [0.15, 0.2) is 0 Å². The van der Waals surface area contributed by atoms with Gasteiger partial charge in [-0.15, -0.1) is 11.3 Å². The van der Waals surface area contributed by atoms with Crippen LogP contribution in [-0.4, -0.2) is 29.5 Å². The fourth-order valence-corrected chi connectivity index (χ4v) is 3.57. The fraction of sp³-hybridized carbons (Fsp3) is 0.400. The Morgan fingerprint density at radius 2 is 2.00 bits per heavy atom. The molecule has 7 heteroatoms. The number of aromatic nitrogens is 1. The first-order valence-corrected chi connectivity index (χ1v) is 7.86. The number of piperazine rings is 1. The van der Waals surface area contributed by atoms with Gasteiger partial charge in [-0.25, -0.2) is 0 Å². The van der Waals surface area contributed by atoms with Crippen LogP contribution in [0, 0.1) is 0 Å². The van der Waals surface area contributed by atoms with E-state index >= 15 is 0 Å². The molecule has 3 heterocycles. The van der Waals surface area contributed by atoms with Crippen molar-refractivity contribution in [1.82, 2.24) is 15.2 Å². The molecule has 3 rings (SSSR count). The lowest BCUT2D eigenvalue weighted by atomic mass is 10.0. The maximum Gasteiger partial charge on any atom is 0.425 e. The first kappa shape index (κ1) is 15.5. The Hall–Kier alpha value is -1.44. The summed E-state index contributed by atoms with van der Waals surface area (Å²) in [7, 11) is 0. The summed E-state index contributed by atoms with van der Waals surface area (Å²) in [6, 6.07) is 6.83. The van der Waals surface area contributed by atoms with Crippen molar-refractivity contribution in [2.45, 2.75) is 18.8 Å². The van der Waals surface area contributed by atoms with E-state index in [-0.39, 0.29) is 6.04 Å². The molecule has 1 N–H and O–H groups in total. The van der Waals surface area contributed by atoms with Gasteiger partial charge in [-0.1, -0.05) is 0 Å². The van der Waals surface area contributed by atoms with Gasteiger partial charge in [0.2, 0.25) is 0 Å². The van der Waals surface area contributed by atoms with Crippen molar-refractivity contribution in [1.29, 1.82) is 0 Å². The zero-order chi connectivity index (χ0) is 15.6. The van der Waals surface area contributed by atoms with Gasteiger partial charge >= 0.3 is 6.18 Å². The lowest BCUT2D eigenvalue weighted by molar-refractivity contribution is -0.134. The average molecular weight is 327 g/mol. The van der Waals surface area contributed by atoms with Gasteiger partial charge in [0.05, 0.1) is 0 Å². The Morgan fingerprint density at radius 1 is 1.23 bits per heavy atom. The Bertz CT molecular complexity index is 612. The van der Waals surface area contributed by atoms with Crippen LogP contribution >= 0.6 is 11.3 Å². The molecule has 1 saturated heterocycles. The summed E-state index contributed by atoms with van der Waals surface area (Å²) < 4.78 is 38.1. The van der Waals surface area contributed by atoms with E-state index < -0.39 is 11.1 Å². The number of rotatable bonds is 3. The van der Waals surface area contributed by atoms with Crippen molar-refractivity contribution in [3.05, 3.63) is 52.0 Å². The van der Waals surface area contributed by atoms with Gasteiger partial charge in [0.1, 0.15) is 4.88 Å². The Morgan fingerprint density at radius 3 is 2.68 bits per heavy atom. The third-order valence-electron chi connectivity index (χ3n) is 3.75. The number of alkyl halides is 3. The van der Waals surface area contributed by atoms with Crippen molar-refractivity contribution in [2.24, 2.45) is 0 Å². The highest BCUT2D eigenvalue weighted by Crippen LogP contribution is 2.35. The monoisotopic (exact) mass is 327 g/mol. The highest BCUT2D eigenvalue weighted by Gasteiger charge is 2.33. The molecule has 3 nitrogen and oxygen atoms in total. The normalized spacial score (nSPS) is 20.2. The van der Waals surface area contributed by atoms with Crippen LogP contribution in [0.5, 0.6) is 0 Å². The van der Waals surface area contributed by atoms with Gasteiger partial charge in [-0.05, 0) is 29.8 Å². The van der Waals surface area contributed by atoms with E-state index in [4.69, 9.17) is 0 Å². The van der Waals surface area contributed by atoms with E-state index in [2.05, 4.69) is 15.2 Å². The minimum absolute atomic E-state index is 0.160. The van der Waals surface area contributed by atoms with E-state index in [0.29, 0.717) is 6.54 Å². The van der Waals surface area contributed by atoms with E-state index in [1.165, 1.54) is 6.07 Å². The van der Waals surface area contributed by atoms with Gasteiger partial charge in [-0.3, -0.25) is 9.88 Å². The molecular weight excluding hydrogens is 311 g/mol. The third-order valence-corrected chi connectivity index (χ3v) is 4.86. The molecule has 1 atom stereocenters. The van der Waals surface area contributed by atoms with Gasteiger partial charge < -0.3 is 5.32 Å². The zero-order valence-corrected chi connectivity index (χ0v) is 12.6. The molecule has 1 aliphatic heterocycles. The SMILES string of the molecule is FC(F)(F)c1ccc(CN2CCNCC2c2ccncc2)s1. The zero-order valence-electron chi connectivity index (χ0n) is 11.8. The molecule has 22 heavy (non-hydrogen) atoms. The van der Waals surface area contributed by atoms with Gasteiger partial charge in [0, 0.05) is 49.5 Å². The Kier molecular flexibility index (Phi) is 4.46. The van der Waals surface area contributed by atoms with Crippen LogP contribution < -0.4 is 5.32 Å². The first-order chi connectivity index (χ1) is 10.5. The molecule has 1 unspecified atom stereocenters. The molecule has 0 amide bonds. The van der Waals surface area contributed by atoms with Gasteiger partial charge in [-0.2, -0.15) is 13.2 Å². The number of nitrogens with one attached hydrogen (secondary N) is 1. The molecule has 0 aromatic carbocycles. The largest absolute Gasteiger partial charge is 0.425 e. The van der Waals surface area contributed by atoms with Crippen LogP contribution in [0.4, 0.5) is 13.2 Å². The second-order valence-corrected chi connectivity index (χ2v) is 6.40. The summed E-state index contributed by atoms with van der Waals surface area (Å²) >= 11 is 0.831. The number of thiophene rings is 1. The van der Waals surface area contributed by atoms with Crippen molar-refractivity contribution in [3.8, 4) is 0 Å². The molecule has 1 aliphatic rings. The maximum atomic E-state index is 12.7. The summed E-state index contributed by atoms with van der Waals surface area (Å²) in [6.07, 6.45) is -0.763. The lowest BCUT2D eigenvalue weighted by Gasteiger charge is -2.36. The second-order valence-electron chi connectivity index (χ2n) is 5.23. The van der Waals surface area contributed by atoms with Crippen molar-refractivity contribution in [3.63, 3.8) is 0 Å². The standard InChI is InChI=1S/C15H16F3N3S/c16-15(17,18)14-2-1-12(22-14)10-21-8-7-20-9-13(21)11-3-5-19-6-4-11/h1-6,13,20H,7-10H2. The number of nitrogens with zero attached hydrogens (tertiary/aromatic N) is 2. The predicted molar refractivity (Wildman–Crippen MR) is 79.6 cm³/mol. The quantitative estimate of drug-likeness (QED) is 0.937. The molecule has 0 aliphatic carbocycles. The average Bonchev–Trinajstić information content (AvgIpc) is 2.97. The van der Waals surface area contributed by atoms with Crippen LogP contribution in [-0.2, 0) is 12.7 Å². The van der Waals surface area contributed by atoms with Crippen LogP contribution in [0.1, 0.15) is 21.4 Å². The van der Waals surface area contributed by atoms with Crippen molar-refractivity contribution < 1.29 is 13.2 Å². The summed E-state index contributed by atoms with van der Waals surface area (Å²) in [6.45, 7) is 2.99. The predicted octanol–water partition coefficient (Wildman–Crippen LogP) is 3.31. The third kappa shape index (κ3) is 3.48. The molecular formula is C15H16F3N3S. The summed E-state index contributed by atoms with van der Waals surface area (Å²) in [5.41, 5.74) is 1.13. The van der Waals surface area contributed by atoms with Crippen LogP contribution in [0.15, 0.2) is 36.7 Å². The maximum absolute atomic E-state index is 12.7. The topological polar surface area (TPSA) is 28.2 Å². The minimum atomic E-state index is -4.25. The smallest absolute Gasteiger partial charge is 0.314 e. The molecule has 1 fully saturated rings. The summed E-state index contributed by atoms with van der Waals surface area (Å²) in [5, 5.41) is 3.34. The van der Waals surface area contributed by atoms with E-state index in [9.17, 15) is 13.2 Å². The molecule has 0 bridgehead atoms. The van der Waals surface area contributed by atoms with E-state index in [1.807, 2.05) is 12.1 Å². The highest BCUT2D eigenvalue weighted by molar-refractivity contribution is 7.12. The second kappa shape index (κ2) is 6.36. The molecule has 2 aromatic heterocycles. The van der Waals surface area contributed by atoms with E-state index in [0.717, 1.165) is 41.4 Å². The minimum Gasteiger partial charge on any atom is -0.314 e. The number of pyridine rings is 1. The molecule has 118 valence electrons. The van der Waals surface area contributed by atoms with Crippen LogP contribution in [0.2, 0.25) is 0 Å². The molecule has 0 spiro atoms. The Labute approximate surface area is 130 Å². The summed E-state index contributed by atoms with van der Waals surface area (Å²) in [4.78, 5) is 6.45. The molecule has 2 aromatic rings. The number of hydrogen-bond donors (Lipinski definition) is 1. The Balaban J connectivity index is 1.76.